The first-order chi connectivity index (χ1) is 7.02. The average Bonchev–Trinajstić information content (AvgIpc) is 2.26. The molecule has 88 valence electrons. The second-order valence-electron chi connectivity index (χ2n) is 2.75. The van der Waals surface area contributed by atoms with Crippen molar-refractivity contribution < 1.29 is 22.8 Å². The van der Waals surface area contributed by atoms with Gasteiger partial charge in [0, 0.05) is 20.8 Å². The minimum Gasteiger partial charge on any atom is -0.495 e. The van der Waals surface area contributed by atoms with Crippen LogP contribution < -0.4 is 0 Å². The molecule has 15 heavy (non-hydrogen) atoms. The predicted molar refractivity (Wildman–Crippen MR) is 57.1 cm³/mol. The van der Waals surface area contributed by atoms with Gasteiger partial charge >= 0.3 is 14.8 Å². The second-order valence-corrected chi connectivity index (χ2v) is 5.49. The molecule has 0 aromatic rings. The van der Waals surface area contributed by atoms with E-state index in [0.29, 0.717) is 6.61 Å². The zero-order chi connectivity index (χ0) is 11.9. The van der Waals surface area contributed by atoms with Crippen LogP contribution in [-0.2, 0) is 22.8 Å². The van der Waals surface area contributed by atoms with Crippen LogP contribution in [0.1, 0.15) is 13.8 Å². The summed E-state index contributed by atoms with van der Waals surface area (Å²) in [5.41, 5.74) is 0. The smallest absolute Gasteiger partial charge is 0.495 e. The van der Waals surface area contributed by atoms with Gasteiger partial charge in [0.1, 0.15) is 0 Å². The lowest BCUT2D eigenvalue weighted by atomic mass is 10.5. The van der Waals surface area contributed by atoms with E-state index >= 15 is 0 Å². The summed E-state index contributed by atoms with van der Waals surface area (Å²) in [5, 5.41) is 0. The number of hydrogen-bond acceptors (Lipinski definition) is 5. The normalized spacial score (nSPS) is 12.5. The van der Waals surface area contributed by atoms with Gasteiger partial charge in [-0.25, -0.2) is 4.79 Å². The lowest BCUT2D eigenvalue weighted by molar-refractivity contribution is -0.141. The van der Waals surface area contributed by atoms with Gasteiger partial charge in [0.25, 0.3) is 0 Å². The summed E-state index contributed by atoms with van der Waals surface area (Å²) in [6.07, 6.45) is 1.53. The predicted octanol–water partition coefficient (Wildman–Crippen LogP) is 1.33. The van der Waals surface area contributed by atoms with Gasteiger partial charge in [0.15, 0.2) is 5.76 Å². The van der Waals surface area contributed by atoms with E-state index in [1.165, 1.54) is 20.3 Å². The highest BCUT2D eigenvalue weighted by Gasteiger charge is 2.36. The maximum absolute atomic E-state index is 11.4. The van der Waals surface area contributed by atoms with Crippen LogP contribution in [0.25, 0.3) is 0 Å². The molecule has 0 fully saturated rings. The van der Waals surface area contributed by atoms with Crippen molar-refractivity contribution in [1.82, 2.24) is 0 Å². The molecule has 0 N–H and O–H groups in total. The van der Waals surface area contributed by atoms with Gasteiger partial charge in [-0.3, -0.25) is 0 Å². The maximum Gasteiger partial charge on any atom is 0.562 e. The van der Waals surface area contributed by atoms with Crippen molar-refractivity contribution in [2.75, 3.05) is 20.8 Å². The number of allylic oxidation sites excluding steroid dienone is 1. The molecule has 0 spiro atoms. The van der Waals surface area contributed by atoms with Crippen LogP contribution in [0.3, 0.4) is 0 Å². The molecule has 0 aliphatic carbocycles. The molecule has 0 aliphatic heterocycles. The van der Waals surface area contributed by atoms with Crippen molar-refractivity contribution in [2.45, 2.75) is 20.4 Å². The van der Waals surface area contributed by atoms with Crippen molar-refractivity contribution in [3.8, 4) is 0 Å². The minimum absolute atomic E-state index is 0.120. The highest BCUT2D eigenvalue weighted by atomic mass is 28.4. The van der Waals surface area contributed by atoms with Crippen LogP contribution >= 0.6 is 0 Å². The monoisotopic (exact) mass is 234 g/mol. The van der Waals surface area contributed by atoms with E-state index in [2.05, 4.69) is 0 Å². The summed E-state index contributed by atoms with van der Waals surface area (Å²) in [7, 11) is 0.218. The summed E-state index contributed by atoms with van der Waals surface area (Å²) in [6, 6.07) is 0. The van der Waals surface area contributed by atoms with Crippen molar-refractivity contribution in [3.05, 3.63) is 11.8 Å². The summed E-state index contributed by atoms with van der Waals surface area (Å²) in [4.78, 5) is 11.4. The number of carbonyl (C=O) groups is 1. The largest absolute Gasteiger partial charge is 0.562 e. The molecule has 0 heterocycles. The van der Waals surface area contributed by atoms with Gasteiger partial charge in [-0.1, -0.05) is 0 Å². The third-order valence-corrected chi connectivity index (χ3v) is 3.85. The number of carbonyl (C=O) groups excluding carboxylic acids is 1. The first-order valence-corrected chi connectivity index (χ1v) is 6.88. The molecule has 5 nitrogen and oxygen atoms in total. The molecule has 0 saturated carbocycles. The lowest BCUT2D eigenvalue weighted by Crippen LogP contribution is -2.41. The van der Waals surface area contributed by atoms with Gasteiger partial charge in [0.05, 0.1) is 6.61 Å². The molecular weight excluding hydrogens is 216 g/mol. The Hall–Kier alpha value is -0.853. The number of esters is 1. The van der Waals surface area contributed by atoms with Crippen LogP contribution in [0.2, 0.25) is 6.55 Å². The van der Waals surface area contributed by atoms with Crippen LogP contribution in [0.15, 0.2) is 11.8 Å². The fraction of sp³-hybridized carbons (Fsp3) is 0.667. The maximum atomic E-state index is 11.4. The molecule has 0 bridgehead atoms. The fourth-order valence-corrected chi connectivity index (χ4v) is 1.72. The van der Waals surface area contributed by atoms with E-state index in [0.717, 1.165) is 0 Å². The van der Waals surface area contributed by atoms with Crippen LogP contribution in [0.4, 0.5) is 0 Å². The Kier molecular flexibility index (Phi) is 6.22. The van der Waals surface area contributed by atoms with Gasteiger partial charge in [-0.2, -0.15) is 0 Å². The molecule has 6 heteroatoms. The average molecular weight is 234 g/mol. The van der Waals surface area contributed by atoms with E-state index in [1.54, 1.807) is 20.4 Å². The Balaban J connectivity index is 4.53. The van der Waals surface area contributed by atoms with E-state index in [-0.39, 0.29) is 5.76 Å². The lowest BCUT2D eigenvalue weighted by Gasteiger charge is -2.23. The quantitative estimate of drug-likeness (QED) is 0.300. The number of rotatable bonds is 6. The first kappa shape index (κ1) is 14.1. The SMILES string of the molecule is CC=C(O[Si](C)(OC)OC)C(=O)OCC. The molecule has 0 radical (unpaired) electrons. The van der Waals surface area contributed by atoms with E-state index in [9.17, 15) is 4.79 Å². The Bertz CT molecular complexity index is 235. The molecule has 0 aromatic heterocycles. The molecule has 0 rings (SSSR count). The standard InChI is InChI=1S/C9H18O5Si/c1-6-8(9(10)13-7-2)14-15(5,11-3)12-4/h6H,7H2,1-5H3. The van der Waals surface area contributed by atoms with E-state index in [4.69, 9.17) is 18.0 Å². The highest BCUT2D eigenvalue weighted by Crippen LogP contribution is 2.13. The highest BCUT2D eigenvalue weighted by molar-refractivity contribution is 6.59. The van der Waals surface area contributed by atoms with Crippen molar-refractivity contribution in [3.63, 3.8) is 0 Å². The Morgan fingerprint density at radius 1 is 1.33 bits per heavy atom. The molecule has 0 saturated heterocycles. The molecule has 0 amide bonds. The zero-order valence-corrected chi connectivity index (χ0v) is 10.8. The molecule has 0 aliphatic rings. The summed E-state index contributed by atoms with van der Waals surface area (Å²) in [5.74, 6) is -0.387. The number of ether oxygens (including phenoxy) is 1. The minimum atomic E-state index is -2.74. The molecule has 0 unspecified atom stereocenters. The summed E-state index contributed by atoms with van der Waals surface area (Å²) >= 11 is 0. The molecular formula is C9H18O5Si. The third-order valence-electron chi connectivity index (χ3n) is 1.78. The van der Waals surface area contributed by atoms with Crippen molar-refractivity contribution in [1.29, 1.82) is 0 Å². The van der Waals surface area contributed by atoms with Crippen LogP contribution in [0, 0.1) is 0 Å². The van der Waals surface area contributed by atoms with E-state index in [1.807, 2.05) is 0 Å². The zero-order valence-electron chi connectivity index (χ0n) is 9.83. The first-order valence-electron chi connectivity index (χ1n) is 4.65. The summed E-state index contributed by atoms with van der Waals surface area (Å²) in [6.45, 7) is 5.41. The van der Waals surface area contributed by atoms with Crippen molar-refractivity contribution in [2.24, 2.45) is 0 Å². The third kappa shape index (κ3) is 4.46. The Labute approximate surface area is 91.3 Å². The Morgan fingerprint density at radius 2 is 1.87 bits per heavy atom. The van der Waals surface area contributed by atoms with Gasteiger partial charge in [-0.15, -0.1) is 0 Å². The van der Waals surface area contributed by atoms with Crippen molar-refractivity contribution >= 4 is 14.8 Å². The van der Waals surface area contributed by atoms with Crippen LogP contribution in [-0.4, -0.2) is 35.6 Å². The second kappa shape index (κ2) is 6.60. The fourth-order valence-electron chi connectivity index (χ4n) is 0.787. The topological polar surface area (TPSA) is 54.0 Å². The van der Waals surface area contributed by atoms with Gasteiger partial charge in [0.2, 0.25) is 0 Å². The summed E-state index contributed by atoms with van der Waals surface area (Å²) < 4.78 is 20.4. The van der Waals surface area contributed by atoms with Gasteiger partial charge in [-0.05, 0) is 19.9 Å². The Morgan fingerprint density at radius 3 is 2.20 bits per heavy atom. The van der Waals surface area contributed by atoms with Crippen LogP contribution in [0.5, 0.6) is 0 Å². The van der Waals surface area contributed by atoms with E-state index < -0.39 is 14.8 Å². The van der Waals surface area contributed by atoms with Gasteiger partial charge < -0.3 is 18.0 Å². The molecule has 0 atom stereocenters. The molecule has 0 aromatic carbocycles. The number of hydrogen-bond donors (Lipinski definition) is 0.